The van der Waals surface area contributed by atoms with Gasteiger partial charge in [0.15, 0.2) is 11.5 Å². The number of ether oxygens (including phenoxy) is 2. The third kappa shape index (κ3) is 4.97. The predicted molar refractivity (Wildman–Crippen MR) is 107 cm³/mol. The predicted octanol–water partition coefficient (Wildman–Crippen LogP) is 5.35. The van der Waals surface area contributed by atoms with Crippen molar-refractivity contribution >= 4 is 40.8 Å². The number of nitrogens with one attached hydrogen (secondary N) is 2. The third-order valence-electron chi connectivity index (χ3n) is 3.71. The first-order valence-electron chi connectivity index (χ1n) is 8.18. The average Bonchev–Trinajstić information content (AvgIpc) is 3.16. The minimum atomic E-state index is 0.199. The molecule has 1 heterocycles. The zero-order valence-corrected chi connectivity index (χ0v) is 16.7. The van der Waals surface area contributed by atoms with Crippen molar-refractivity contribution in [2.45, 2.75) is 20.1 Å². The lowest BCUT2D eigenvalue weighted by Gasteiger charge is -2.16. The van der Waals surface area contributed by atoms with Gasteiger partial charge in [-0.1, -0.05) is 40.9 Å². The van der Waals surface area contributed by atoms with Crippen molar-refractivity contribution in [2.75, 3.05) is 11.9 Å². The molecule has 142 valence electrons. The number of rotatable bonds is 8. The van der Waals surface area contributed by atoms with Crippen LogP contribution in [-0.2, 0) is 13.2 Å². The maximum atomic E-state index is 6.41. The Morgan fingerprint density at radius 2 is 1.78 bits per heavy atom. The molecule has 0 aliphatic rings. The highest BCUT2D eigenvalue weighted by atomic mass is 35.5. The van der Waals surface area contributed by atoms with Gasteiger partial charge in [-0.15, -0.1) is 0 Å². The summed E-state index contributed by atoms with van der Waals surface area (Å²) in [5.41, 5.74) is 1.54. The zero-order valence-electron chi connectivity index (χ0n) is 14.4. The van der Waals surface area contributed by atoms with Crippen LogP contribution >= 0.6 is 34.8 Å². The molecule has 0 atom stereocenters. The van der Waals surface area contributed by atoms with Crippen LogP contribution in [0.15, 0.2) is 36.7 Å². The van der Waals surface area contributed by atoms with Crippen LogP contribution in [0.1, 0.15) is 18.1 Å². The van der Waals surface area contributed by atoms with Gasteiger partial charge >= 0.3 is 0 Å². The summed E-state index contributed by atoms with van der Waals surface area (Å²) in [7, 11) is 0. The van der Waals surface area contributed by atoms with E-state index in [2.05, 4.69) is 20.5 Å². The van der Waals surface area contributed by atoms with Crippen molar-refractivity contribution in [3.63, 3.8) is 0 Å². The summed E-state index contributed by atoms with van der Waals surface area (Å²) in [6.07, 6.45) is 1.42. The van der Waals surface area contributed by atoms with E-state index in [0.29, 0.717) is 51.2 Å². The monoisotopic (exact) mass is 426 g/mol. The van der Waals surface area contributed by atoms with E-state index in [1.54, 1.807) is 24.3 Å². The van der Waals surface area contributed by atoms with Crippen LogP contribution in [-0.4, -0.2) is 21.8 Å². The SMILES string of the molecule is CCOc1cc(CNc2ncn[nH]2)c(Cl)cc1OCc1c(Cl)cccc1Cl. The molecular formula is C18H17Cl3N4O2. The van der Waals surface area contributed by atoms with E-state index in [9.17, 15) is 0 Å². The van der Waals surface area contributed by atoms with Gasteiger partial charge in [-0.2, -0.15) is 5.10 Å². The molecule has 0 unspecified atom stereocenters. The van der Waals surface area contributed by atoms with Crippen molar-refractivity contribution in [3.8, 4) is 11.5 Å². The average molecular weight is 428 g/mol. The molecule has 0 saturated heterocycles. The van der Waals surface area contributed by atoms with Crippen molar-refractivity contribution < 1.29 is 9.47 Å². The molecule has 0 aliphatic carbocycles. The van der Waals surface area contributed by atoms with Gasteiger partial charge in [-0.05, 0) is 30.7 Å². The van der Waals surface area contributed by atoms with E-state index < -0.39 is 0 Å². The molecule has 27 heavy (non-hydrogen) atoms. The highest BCUT2D eigenvalue weighted by Crippen LogP contribution is 2.35. The van der Waals surface area contributed by atoms with Crippen LogP contribution in [0.2, 0.25) is 15.1 Å². The molecule has 0 saturated carbocycles. The molecule has 0 amide bonds. The van der Waals surface area contributed by atoms with Gasteiger partial charge in [0.1, 0.15) is 12.9 Å². The van der Waals surface area contributed by atoms with Gasteiger partial charge < -0.3 is 14.8 Å². The van der Waals surface area contributed by atoms with Crippen LogP contribution in [0.4, 0.5) is 5.95 Å². The molecule has 1 aromatic heterocycles. The number of nitrogens with zero attached hydrogens (tertiary/aromatic N) is 2. The molecule has 3 aromatic rings. The van der Waals surface area contributed by atoms with Gasteiger partial charge in [0.25, 0.3) is 0 Å². The number of benzene rings is 2. The minimum Gasteiger partial charge on any atom is -0.490 e. The second-order valence-electron chi connectivity index (χ2n) is 5.50. The number of aromatic amines is 1. The number of halogens is 3. The van der Waals surface area contributed by atoms with Crippen LogP contribution < -0.4 is 14.8 Å². The Kier molecular flexibility index (Phi) is 6.66. The summed E-state index contributed by atoms with van der Waals surface area (Å²) in [4.78, 5) is 4.01. The topological polar surface area (TPSA) is 72.1 Å². The Balaban J connectivity index is 1.78. The fraction of sp³-hybridized carbons (Fsp3) is 0.222. The summed E-state index contributed by atoms with van der Waals surface area (Å²) in [6.45, 7) is 3.03. The first-order valence-corrected chi connectivity index (χ1v) is 9.32. The van der Waals surface area contributed by atoms with E-state index in [4.69, 9.17) is 44.3 Å². The Morgan fingerprint density at radius 3 is 2.44 bits per heavy atom. The first kappa shape index (κ1) is 19.6. The molecule has 9 heteroatoms. The number of H-pyrrole nitrogens is 1. The summed E-state index contributed by atoms with van der Waals surface area (Å²) in [6, 6.07) is 8.86. The van der Waals surface area contributed by atoms with Crippen molar-refractivity contribution in [2.24, 2.45) is 0 Å². The fourth-order valence-corrected chi connectivity index (χ4v) is 3.11. The molecule has 2 N–H and O–H groups in total. The fourth-order valence-electron chi connectivity index (χ4n) is 2.38. The molecular weight excluding hydrogens is 411 g/mol. The maximum absolute atomic E-state index is 6.41. The Bertz CT molecular complexity index is 884. The Morgan fingerprint density at radius 1 is 1.04 bits per heavy atom. The lowest BCUT2D eigenvalue weighted by Crippen LogP contribution is -2.05. The van der Waals surface area contributed by atoms with Crippen molar-refractivity contribution in [1.29, 1.82) is 0 Å². The van der Waals surface area contributed by atoms with Crippen LogP contribution in [0.3, 0.4) is 0 Å². The standard InChI is InChI=1S/C18H17Cl3N4O2/c1-2-26-16-6-11(8-22-18-23-10-24-25-18)15(21)7-17(16)27-9-12-13(19)4-3-5-14(12)20/h3-7,10H,2,8-9H2,1H3,(H2,22,23,24,25). The van der Waals surface area contributed by atoms with E-state index in [-0.39, 0.29) is 6.61 Å². The van der Waals surface area contributed by atoms with Crippen LogP contribution in [0.25, 0.3) is 0 Å². The summed E-state index contributed by atoms with van der Waals surface area (Å²) in [5.74, 6) is 1.65. The zero-order chi connectivity index (χ0) is 19.2. The lowest BCUT2D eigenvalue weighted by atomic mass is 10.2. The summed E-state index contributed by atoms with van der Waals surface area (Å²) >= 11 is 18.8. The van der Waals surface area contributed by atoms with E-state index in [1.165, 1.54) is 6.33 Å². The lowest BCUT2D eigenvalue weighted by molar-refractivity contribution is 0.269. The smallest absolute Gasteiger partial charge is 0.218 e. The normalized spacial score (nSPS) is 10.7. The molecule has 0 aliphatic heterocycles. The molecule has 6 nitrogen and oxygen atoms in total. The van der Waals surface area contributed by atoms with Gasteiger partial charge in [-0.25, -0.2) is 10.1 Å². The van der Waals surface area contributed by atoms with E-state index in [1.807, 2.05) is 13.0 Å². The Hall–Kier alpha value is -2.15. The number of hydrogen-bond donors (Lipinski definition) is 2. The van der Waals surface area contributed by atoms with Crippen LogP contribution in [0.5, 0.6) is 11.5 Å². The Labute approximate surface area is 171 Å². The van der Waals surface area contributed by atoms with Crippen LogP contribution in [0, 0.1) is 0 Å². The summed E-state index contributed by atoms with van der Waals surface area (Å²) < 4.78 is 11.6. The van der Waals surface area contributed by atoms with Crippen molar-refractivity contribution in [1.82, 2.24) is 15.2 Å². The number of hydrogen-bond acceptors (Lipinski definition) is 5. The molecule has 3 rings (SSSR count). The maximum Gasteiger partial charge on any atom is 0.218 e. The van der Waals surface area contributed by atoms with Gasteiger partial charge in [-0.3, -0.25) is 0 Å². The molecule has 2 aromatic carbocycles. The van der Waals surface area contributed by atoms with Gasteiger partial charge in [0.2, 0.25) is 5.95 Å². The first-order chi connectivity index (χ1) is 13.1. The molecule has 0 fully saturated rings. The highest BCUT2D eigenvalue weighted by molar-refractivity contribution is 6.36. The molecule has 0 spiro atoms. The largest absolute Gasteiger partial charge is 0.490 e. The van der Waals surface area contributed by atoms with E-state index in [0.717, 1.165) is 5.56 Å². The number of aromatic nitrogens is 3. The second-order valence-corrected chi connectivity index (χ2v) is 6.72. The van der Waals surface area contributed by atoms with Crippen molar-refractivity contribution in [3.05, 3.63) is 62.9 Å². The summed E-state index contributed by atoms with van der Waals surface area (Å²) in [5, 5.41) is 11.2. The number of anilines is 1. The quantitative estimate of drug-likeness (QED) is 0.506. The van der Waals surface area contributed by atoms with Gasteiger partial charge in [0.05, 0.1) is 6.61 Å². The third-order valence-corrected chi connectivity index (χ3v) is 4.77. The minimum absolute atomic E-state index is 0.199. The molecule has 0 radical (unpaired) electrons. The van der Waals surface area contributed by atoms with Gasteiger partial charge in [0, 0.05) is 33.2 Å². The highest BCUT2D eigenvalue weighted by Gasteiger charge is 2.14. The van der Waals surface area contributed by atoms with E-state index >= 15 is 0 Å². The molecule has 0 bridgehead atoms. The second kappa shape index (κ2) is 9.17.